The largest absolute Gasteiger partial charge is 1.00 e. The SMILES string of the molecule is CCCCCCCCP(=O)(O)O.[H-].[Na+]. The van der Waals surface area contributed by atoms with Gasteiger partial charge in [0, 0.05) is 6.16 Å². The molecule has 0 fully saturated rings. The Hall–Kier alpha value is 1.15. The van der Waals surface area contributed by atoms with E-state index in [1.54, 1.807) is 0 Å². The van der Waals surface area contributed by atoms with Crippen molar-refractivity contribution < 1.29 is 45.3 Å². The Morgan fingerprint density at radius 1 is 1.08 bits per heavy atom. The predicted octanol–water partition coefficient (Wildman–Crippen LogP) is -0.359. The van der Waals surface area contributed by atoms with Gasteiger partial charge in [0.15, 0.2) is 0 Å². The van der Waals surface area contributed by atoms with E-state index in [0.717, 1.165) is 12.8 Å². The van der Waals surface area contributed by atoms with Crippen LogP contribution in [-0.2, 0) is 4.57 Å². The van der Waals surface area contributed by atoms with Crippen LogP contribution in [0.15, 0.2) is 0 Å². The molecule has 0 aromatic rings. The van der Waals surface area contributed by atoms with Crippen molar-refractivity contribution in [2.75, 3.05) is 6.16 Å². The molecule has 0 atom stereocenters. The van der Waals surface area contributed by atoms with E-state index in [4.69, 9.17) is 9.79 Å². The molecular formula is C8H20NaO3P. The molecule has 0 saturated heterocycles. The Morgan fingerprint density at radius 2 is 1.54 bits per heavy atom. The molecule has 0 bridgehead atoms. The summed E-state index contributed by atoms with van der Waals surface area (Å²) in [4.78, 5) is 17.1. The van der Waals surface area contributed by atoms with Crippen molar-refractivity contribution >= 4 is 7.60 Å². The Bertz CT molecular complexity index is 152. The van der Waals surface area contributed by atoms with E-state index >= 15 is 0 Å². The zero-order chi connectivity index (χ0) is 9.45. The topological polar surface area (TPSA) is 57.5 Å². The molecule has 0 rings (SSSR count). The van der Waals surface area contributed by atoms with Crippen LogP contribution in [0.2, 0.25) is 0 Å². The van der Waals surface area contributed by atoms with Crippen LogP contribution in [0, 0.1) is 0 Å². The summed E-state index contributed by atoms with van der Waals surface area (Å²) < 4.78 is 10.4. The fourth-order valence-electron chi connectivity index (χ4n) is 1.10. The molecule has 0 aliphatic carbocycles. The summed E-state index contributed by atoms with van der Waals surface area (Å²) in [5, 5.41) is 0. The van der Waals surface area contributed by atoms with Crippen molar-refractivity contribution in [3.05, 3.63) is 0 Å². The van der Waals surface area contributed by atoms with E-state index in [1.165, 1.54) is 19.3 Å². The molecular weight excluding hydrogens is 198 g/mol. The van der Waals surface area contributed by atoms with Crippen LogP contribution >= 0.6 is 7.60 Å². The Balaban J connectivity index is -0.000000605. The van der Waals surface area contributed by atoms with Crippen LogP contribution in [-0.4, -0.2) is 15.9 Å². The maximum atomic E-state index is 10.4. The predicted molar refractivity (Wildman–Crippen MR) is 51.4 cm³/mol. The zero-order valence-corrected chi connectivity index (χ0v) is 11.6. The number of rotatable bonds is 7. The average Bonchev–Trinajstić information content (AvgIpc) is 1.94. The van der Waals surface area contributed by atoms with Gasteiger partial charge in [-0.1, -0.05) is 39.0 Å². The van der Waals surface area contributed by atoms with Gasteiger partial charge in [-0.05, 0) is 6.42 Å². The van der Waals surface area contributed by atoms with Gasteiger partial charge < -0.3 is 11.2 Å². The summed E-state index contributed by atoms with van der Waals surface area (Å²) in [6, 6.07) is 0. The van der Waals surface area contributed by atoms with Crippen LogP contribution in [0.25, 0.3) is 0 Å². The third kappa shape index (κ3) is 15.9. The van der Waals surface area contributed by atoms with Crippen molar-refractivity contribution in [2.24, 2.45) is 0 Å². The summed E-state index contributed by atoms with van der Waals surface area (Å²) in [6.45, 7) is 2.15. The molecule has 0 heterocycles. The van der Waals surface area contributed by atoms with Gasteiger partial charge >= 0.3 is 37.2 Å². The van der Waals surface area contributed by atoms with Gasteiger partial charge in [0.1, 0.15) is 0 Å². The first-order chi connectivity index (χ1) is 5.56. The molecule has 0 aromatic heterocycles. The molecule has 0 spiro atoms. The third-order valence-electron chi connectivity index (χ3n) is 1.80. The molecule has 3 nitrogen and oxygen atoms in total. The van der Waals surface area contributed by atoms with E-state index in [-0.39, 0.29) is 37.1 Å². The summed E-state index contributed by atoms with van der Waals surface area (Å²) in [6.07, 6.45) is 6.40. The number of hydrogen-bond donors (Lipinski definition) is 2. The summed E-state index contributed by atoms with van der Waals surface area (Å²) in [5.41, 5.74) is 0. The maximum Gasteiger partial charge on any atom is 1.00 e. The van der Waals surface area contributed by atoms with Crippen molar-refractivity contribution in [3.8, 4) is 0 Å². The van der Waals surface area contributed by atoms with Crippen molar-refractivity contribution in [3.63, 3.8) is 0 Å². The van der Waals surface area contributed by atoms with Gasteiger partial charge in [-0.15, -0.1) is 0 Å². The molecule has 0 saturated carbocycles. The maximum absolute atomic E-state index is 10.4. The molecule has 2 N–H and O–H groups in total. The molecule has 0 aromatic carbocycles. The molecule has 0 unspecified atom stereocenters. The number of hydrogen-bond acceptors (Lipinski definition) is 1. The monoisotopic (exact) mass is 218 g/mol. The van der Waals surface area contributed by atoms with E-state index < -0.39 is 7.60 Å². The van der Waals surface area contributed by atoms with Gasteiger partial charge in [-0.2, -0.15) is 0 Å². The molecule has 0 aliphatic heterocycles. The fourth-order valence-corrected chi connectivity index (χ4v) is 1.73. The van der Waals surface area contributed by atoms with Crippen LogP contribution in [0.4, 0.5) is 0 Å². The zero-order valence-electron chi connectivity index (χ0n) is 9.70. The van der Waals surface area contributed by atoms with Crippen molar-refractivity contribution in [2.45, 2.75) is 45.4 Å². The van der Waals surface area contributed by atoms with Gasteiger partial charge in [0.25, 0.3) is 0 Å². The second kappa shape index (κ2) is 9.70. The molecule has 0 radical (unpaired) electrons. The van der Waals surface area contributed by atoms with Crippen LogP contribution in [0.5, 0.6) is 0 Å². The summed E-state index contributed by atoms with van der Waals surface area (Å²) >= 11 is 0. The molecule has 13 heavy (non-hydrogen) atoms. The standard InChI is InChI=1S/C8H19O3P.Na.H/c1-2-3-4-5-6-7-8-12(9,10)11;;/h2-8H2,1H3,(H2,9,10,11);;/q;+1;-1. The van der Waals surface area contributed by atoms with Gasteiger partial charge in [-0.25, -0.2) is 0 Å². The van der Waals surface area contributed by atoms with Crippen LogP contribution in [0.3, 0.4) is 0 Å². The minimum atomic E-state index is -3.72. The molecule has 5 heteroatoms. The minimum Gasteiger partial charge on any atom is -1.00 e. The number of unbranched alkanes of at least 4 members (excludes halogenated alkanes) is 5. The summed E-state index contributed by atoms with van der Waals surface area (Å²) in [7, 11) is -3.72. The quantitative estimate of drug-likeness (QED) is 0.348. The Kier molecular flexibility index (Phi) is 12.4. The second-order valence-corrected chi connectivity index (χ2v) is 4.93. The first-order valence-corrected chi connectivity index (χ1v) is 6.40. The first-order valence-electron chi connectivity index (χ1n) is 4.61. The van der Waals surface area contributed by atoms with Gasteiger partial charge in [-0.3, -0.25) is 4.57 Å². The Morgan fingerprint density at radius 3 is 2.00 bits per heavy atom. The van der Waals surface area contributed by atoms with E-state index in [9.17, 15) is 4.57 Å². The van der Waals surface area contributed by atoms with Crippen molar-refractivity contribution in [1.82, 2.24) is 0 Å². The van der Waals surface area contributed by atoms with Gasteiger partial charge in [0.2, 0.25) is 0 Å². The fraction of sp³-hybridized carbons (Fsp3) is 1.00. The normalized spacial score (nSPS) is 11.0. The van der Waals surface area contributed by atoms with Crippen LogP contribution in [0.1, 0.15) is 46.9 Å². The van der Waals surface area contributed by atoms with Crippen molar-refractivity contribution in [1.29, 1.82) is 0 Å². The second-order valence-electron chi connectivity index (χ2n) is 3.16. The Labute approximate surface area is 104 Å². The molecule has 0 amide bonds. The molecule has 76 valence electrons. The van der Waals surface area contributed by atoms with E-state index in [2.05, 4.69) is 6.92 Å². The summed E-state index contributed by atoms with van der Waals surface area (Å²) in [5.74, 6) is 0. The molecule has 0 aliphatic rings. The first kappa shape index (κ1) is 16.6. The third-order valence-corrected chi connectivity index (χ3v) is 2.70. The minimum absolute atomic E-state index is 0. The van der Waals surface area contributed by atoms with E-state index in [0.29, 0.717) is 6.42 Å². The van der Waals surface area contributed by atoms with E-state index in [1.807, 2.05) is 0 Å². The van der Waals surface area contributed by atoms with Gasteiger partial charge in [0.05, 0.1) is 0 Å². The average molecular weight is 218 g/mol. The van der Waals surface area contributed by atoms with Crippen LogP contribution < -0.4 is 29.6 Å². The smallest absolute Gasteiger partial charge is 1.00 e.